The van der Waals surface area contributed by atoms with E-state index in [9.17, 15) is 9.47 Å². The zero-order valence-electron chi connectivity index (χ0n) is 9.12. The number of hydrogen-bond donors (Lipinski definition) is 0. The average Bonchev–Trinajstić information content (AvgIpc) is 2.29. The largest absolute Gasteiger partial charge is 0.381 e. The van der Waals surface area contributed by atoms with Crippen molar-refractivity contribution in [3.8, 4) is 0 Å². The molecule has 0 radical (unpaired) electrons. The molecule has 7 heteroatoms. The summed E-state index contributed by atoms with van der Waals surface area (Å²) in [6, 6.07) is 2.95. The molecule has 0 aliphatic carbocycles. The zero-order valence-corrected chi connectivity index (χ0v) is 10.0. The monoisotopic (exact) mass is 244 g/mol. The SMILES string of the molecule is CCOP(=O)(OCC)c1ncccc1N=O. The predicted octanol–water partition coefficient (Wildman–Crippen LogP) is 2.37. The molecule has 0 saturated carbocycles. The van der Waals surface area contributed by atoms with Gasteiger partial charge in [0.1, 0.15) is 5.69 Å². The van der Waals surface area contributed by atoms with Gasteiger partial charge in [-0.25, -0.2) is 4.98 Å². The highest BCUT2D eigenvalue weighted by atomic mass is 31.2. The second-order valence-electron chi connectivity index (χ2n) is 2.77. The van der Waals surface area contributed by atoms with Gasteiger partial charge in [0.05, 0.1) is 13.2 Å². The Morgan fingerprint density at radius 1 is 1.38 bits per heavy atom. The van der Waals surface area contributed by atoms with Gasteiger partial charge >= 0.3 is 7.60 Å². The molecule has 0 aliphatic rings. The van der Waals surface area contributed by atoms with Crippen LogP contribution in [0.5, 0.6) is 0 Å². The lowest BCUT2D eigenvalue weighted by Gasteiger charge is -2.16. The number of pyridine rings is 1. The van der Waals surface area contributed by atoms with E-state index in [4.69, 9.17) is 9.05 Å². The second kappa shape index (κ2) is 5.84. The van der Waals surface area contributed by atoms with Crippen molar-refractivity contribution < 1.29 is 13.6 Å². The standard InChI is InChI=1S/C9H13N2O4P/c1-3-14-16(13,15-4-2)9-8(11-12)6-5-7-10-9/h5-7H,3-4H2,1-2H3. The van der Waals surface area contributed by atoms with E-state index in [1.807, 2.05) is 0 Å². The Balaban J connectivity index is 3.20. The first-order valence-corrected chi connectivity index (χ1v) is 6.40. The van der Waals surface area contributed by atoms with Crippen LogP contribution in [-0.4, -0.2) is 18.2 Å². The fourth-order valence-corrected chi connectivity index (χ4v) is 2.77. The number of nitrogens with zero attached hydrogens (tertiary/aromatic N) is 2. The van der Waals surface area contributed by atoms with Gasteiger partial charge in [0.2, 0.25) is 0 Å². The summed E-state index contributed by atoms with van der Waals surface area (Å²) in [5.41, 5.74) is -0.0542. The minimum absolute atomic E-state index is 0.0206. The third-order valence-corrected chi connectivity index (χ3v) is 3.78. The van der Waals surface area contributed by atoms with Crippen molar-refractivity contribution in [2.75, 3.05) is 13.2 Å². The first-order valence-electron chi connectivity index (χ1n) is 4.86. The van der Waals surface area contributed by atoms with Crippen LogP contribution in [0.25, 0.3) is 0 Å². The molecule has 0 fully saturated rings. The van der Waals surface area contributed by atoms with Gasteiger partial charge in [0, 0.05) is 6.20 Å². The van der Waals surface area contributed by atoms with E-state index in [1.165, 1.54) is 18.3 Å². The molecular weight excluding hydrogens is 231 g/mol. The molecule has 16 heavy (non-hydrogen) atoms. The maximum Gasteiger partial charge on any atom is 0.381 e. The highest BCUT2D eigenvalue weighted by Crippen LogP contribution is 2.48. The average molecular weight is 244 g/mol. The van der Waals surface area contributed by atoms with Crippen LogP contribution >= 0.6 is 7.60 Å². The zero-order chi connectivity index (χ0) is 12.0. The van der Waals surface area contributed by atoms with Crippen LogP contribution in [0.2, 0.25) is 0 Å². The number of nitroso groups, excluding NO2 is 1. The molecule has 1 aromatic heterocycles. The van der Waals surface area contributed by atoms with Gasteiger partial charge in [0.15, 0.2) is 5.44 Å². The summed E-state index contributed by atoms with van der Waals surface area (Å²) < 4.78 is 22.4. The molecule has 0 unspecified atom stereocenters. The van der Waals surface area contributed by atoms with E-state index in [-0.39, 0.29) is 24.3 Å². The molecule has 6 nitrogen and oxygen atoms in total. The predicted molar refractivity (Wildman–Crippen MR) is 60.2 cm³/mol. The van der Waals surface area contributed by atoms with Crippen LogP contribution < -0.4 is 5.44 Å². The Morgan fingerprint density at radius 3 is 2.50 bits per heavy atom. The van der Waals surface area contributed by atoms with Gasteiger partial charge in [-0.1, -0.05) is 0 Å². The number of aromatic nitrogens is 1. The van der Waals surface area contributed by atoms with Gasteiger partial charge in [-0.15, -0.1) is 4.91 Å². The summed E-state index contributed by atoms with van der Waals surface area (Å²) >= 11 is 0. The molecule has 0 N–H and O–H groups in total. The van der Waals surface area contributed by atoms with Crippen molar-refractivity contribution in [3.05, 3.63) is 23.2 Å². The van der Waals surface area contributed by atoms with E-state index >= 15 is 0 Å². The molecular formula is C9H13N2O4P. The third-order valence-electron chi connectivity index (χ3n) is 1.72. The fourth-order valence-electron chi connectivity index (χ4n) is 1.17. The molecule has 0 aromatic carbocycles. The minimum atomic E-state index is -3.53. The third kappa shape index (κ3) is 2.72. The van der Waals surface area contributed by atoms with E-state index in [2.05, 4.69) is 10.2 Å². The summed E-state index contributed by atoms with van der Waals surface area (Å²) in [6.07, 6.45) is 1.41. The van der Waals surface area contributed by atoms with E-state index in [0.717, 1.165) is 0 Å². The van der Waals surface area contributed by atoms with Gasteiger partial charge in [-0.05, 0) is 31.2 Å². The maximum atomic E-state index is 12.3. The van der Waals surface area contributed by atoms with Gasteiger partial charge in [-0.3, -0.25) is 4.57 Å². The van der Waals surface area contributed by atoms with Crippen LogP contribution in [0, 0.1) is 4.91 Å². The number of rotatable bonds is 6. The molecule has 1 aromatic rings. The van der Waals surface area contributed by atoms with Crippen LogP contribution in [-0.2, 0) is 13.6 Å². The lowest BCUT2D eigenvalue weighted by Crippen LogP contribution is -2.14. The molecule has 0 spiro atoms. The number of hydrogen-bond acceptors (Lipinski definition) is 6. The Hall–Kier alpha value is -1.10. The lowest BCUT2D eigenvalue weighted by atomic mass is 10.4. The van der Waals surface area contributed by atoms with Crippen LogP contribution in [0.15, 0.2) is 23.5 Å². The van der Waals surface area contributed by atoms with Crippen molar-refractivity contribution in [2.24, 2.45) is 5.18 Å². The minimum Gasteiger partial charge on any atom is -0.304 e. The molecule has 0 atom stereocenters. The molecule has 1 rings (SSSR count). The topological polar surface area (TPSA) is 77.8 Å². The highest BCUT2D eigenvalue weighted by molar-refractivity contribution is 7.62. The maximum absolute atomic E-state index is 12.3. The molecule has 0 saturated heterocycles. The highest BCUT2D eigenvalue weighted by Gasteiger charge is 2.31. The Bertz CT molecular complexity index is 400. The van der Waals surface area contributed by atoms with Crippen molar-refractivity contribution in [1.82, 2.24) is 4.98 Å². The molecule has 1 heterocycles. The molecule has 88 valence electrons. The summed E-state index contributed by atoms with van der Waals surface area (Å²) in [4.78, 5) is 14.4. The first kappa shape index (κ1) is 13.0. The Kier molecular flexibility index (Phi) is 4.73. The normalized spacial score (nSPS) is 11.4. The van der Waals surface area contributed by atoms with Crippen LogP contribution in [0.4, 0.5) is 5.69 Å². The summed E-state index contributed by atoms with van der Waals surface area (Å²) in [7, 11) is -3.53. The van der Waals surface area contributed by atoms with Crippen molar-refractivity contribution in [1.29, 1.82) is 0 Å². The van der Waals surface area contributed by atoms with Crippen molar-refractivity contribution >= 4 is 18.7 Å². The van der Waals surface area contributed by atoms with Crippen LogP contribution in [0.1, 0.15) is 13.8 Å². The molecule has 0 aliphatic heterocycles. The first-order chi connectivity index (χ1) is 7.68. The van der Waals surface area contributed by atoms with Crippen LogP contribution in [0.3, 0.4) is 0 Å². The van der Waals surface area contributed by atoms with Crippen molar-refractivity contribution in [2.45, 2.75) is 13.8 Å². The second-order valence-corrected chi connectivity index (χ2v) is 4.71. The van der Waals surface area contributed by atoms with E-state index in [0.29, 0.717) is 0 Å². The lowest BCUT2D eigenvalue weighted by molar-refractivity contribution is 0.229. The smallest absolute Gasteiger partial charge is 0.304 e. The quantitative estimate of drug-likeness (QED) is 0.567. The van der Waals surface area contributed by atoms with Gasteiger partial charge < -0.3 is 9.05 Å². The van der Waals surface area contributed by atoms with Gasteiger partial charge in [-0.2, -0.15) is 0 Å². The Morgan fingerprint density at radius 2 is 2.00 bits per heavy atom. The van der Waals surface area contributed by atoms with Gasteiger partial charge in [0.25, 0.3) is 0 Å². The molecule has 0 amide bonds. The van der Waals surface area contributed by atoms with Crippen molar-refractivity contribution in [3.63, 3.8) is 0 Å². The van der Waals surface area contributed by atoms with E-state index < -0.39 is 7.60 Å². The summed E-state index contributed by atoms with van der Waals surface area (Å²) in [5, 5.41) is 2.76. The summed E-state index contributed by atoms with van der Waals surface area (Å²) in [5.74, 6) is 0. The summed E-state index contributed by atoms with van der Waals surface area (Å²) in [6.45, 7) is 3.77. The molecule has 0 bridgehead atoms. The fraction of sp³-hybridized carbons (Fsp3) is 0.444. The van der Waals surface area contributed by atoms with E-state index in [1.54, 1.807) is 13.8 Å². The Labute approximate surface area is 93.5 Å².